The maximum absolute atomic E-state index is 12.5. The van der Waals surface area contributed by atoms with E-state index < -0.39 is 41.3 Å². The van der Waals surface area contributed by atoms with Crippen LogP contribution in [0.1, 0.15) is 0 Å². The molecule has 0 saturated carbocycles. The van der Waals surface area contributed by atoms with Crippen molar-refractivity contribution in [3.63, 3.8) is 0 Å². The van der Waals surface area contributed by atoms with Crippen LogP contribution < -0.4 is 0 Å². The van der Waals surface area contributed by atoms with E-state index in [0.717, 1.165) is 0 Å². The molecule has 0 radical (unpaired) electrons. The highest BCUT2D eigenvalue weighted by Gasteiger charge is 2.62. The van der Waals surface area contributed by atoms with Crippen LogP contribution in [0.25, 0.3) is 0 Å². The lowest BCUT2D eigenvalue weighted by Gasteiger charge is -2.23. The van der Waals surface area contributed by atoms with Crippen LogP contribution in [0.2, 0.25) is 0 Å². The van der Waals surface area contributed by atoms with Gasteiger partial charge in [-0.1, -0.05) is 3.89 Å². The molecule has 19 heavy (non-hydrogen) atoms. The minimum Gasteiger partial charge on any atom is -0.452 e. The van der Waals surface area contributed by atoms with E-state index in [1.807, 2.05) is 0 Å². The summed E-state index contributed by atoms with van der Waals surface area (Å²) in [6.45, 7) is -2.88. The first-order chi connectivity index (χ1) is 8.08. The summed E-state index contributed by atoms with van der Waals surface area (Å²) in [6.07, 6.45) is -11.8. The van der Waals surface area contributed by atoms with Gasteiger partial charge >= 0.3 is 34.7 Å². The molecule has 0 saturated heterocycles. The molecule has 0 aliphatic rings. The van der Waals surface area contributed by atoms with Gasteiger partial charge in [0.15, 0.2) is 6.61 Å². The summed E-state index contributed by atoms with van der Waals surface area (Å²) in [4.78, 5) is 9.96. The highest BCUT2D eigenvalue weighted by Crippen LogP contribution is 2.37. The molecule has 0 aromatic carbocycles. The summed E-state index contributed by atoms with van der Waals surface area (Å²) < 4.78 is 120. The Bertz CT molecular complexity index is 439. The third kappa shape index (κ3) is 5.54. The van der Waals surface area contributed by atoms with E-state index in [1.54, 1.807) is 0 Å². The summed E-state index contributed by atoms with van der Waals surface area (Å²) in [7, 11) is -6.52. The molecule has 0 amide bonds. The molecule has 0 aliphatic heterocycles. The number of hydrogen-bond acceptors (Lipinski definition) is 5. The van der Waals surface area contributed by atoms with Gasteiger partial charge in [-0.05, 0) is 0 Å². The fourth-order valence-electron chi connectivity index (χ4n) is 0.508. The van der Waals surface area contributed by atoms with E-state index in [0.29, 0.717) is 0 Å². The lowest BCUT2D eigenvalue weighted by molar-refractivity contribution is -0.320. The van der Waals surface area contributed by atoms with Crippen LogP contribution in [0, 0.1) is 0 Å². The van der Waals surface area contributed by atoms with Crippen LogP contribution >= 0.6 is 0 Å². The molecule has 0 aromatic rings. The van der Waals surface area contributed by atoms with Crippen molar-refractivity contribution in [3.05, 3.63) is 0 Å². The van der Waals surface area contributed by atoms with Gasteiger partial charge in [0.05, 0.1) is 0 Å². The molecular formula is C5H2F8O5S. The highest BCUT2D eigenvalue weighted by atomic mass is 32.3. The SMILES string of the molecule is O=C(OCC(F)(F)C(F)(F)OS(=O)(=O)F)C(F)(F)F. The molecule has 0 fully saturated rings. The molecule has 0 aliphatic carbocycles. The van der Waals surface area contributed by atoms with Crippen LogP contribution in [0.4, 0.5) is 34.6 Å². The van der Waals surface area contributed by atoms with Crippen molar-refractivity contribution in [2.75, 3.05) is 6.61 Å². The highest BCUT2D eigenvalue weighted by molar-refractivity contribution is 7.81. The zero-order chi connectivity index (χ0) is 15.7. The lowest BCUT2D eigenvalue weighted by atomic mass is 10.3. The van der Waals surface area contributed by atoms with Crippen LogP contribution in [0.15, 0.2) is 0 Å². The van der Waals surface area contributed by atoms with Gasteiger partial charge in [0.2, 0.25) is 0 Å². The van der Waals surface area contributed by atoms with Gasteiger partial charge in [0.1, 0.15) is 0 Å². The number of halogens is 8. The summed E-state index contributed by atoms with van der Waals surface area (Å²) in [5.74, 6) is -8.95. The number of ether oxygens (including phenoxy) is 1. The smallest absolute Gasteiger partial charge is 0.452 e. The predicted molar refractivity (Wildman–Crippen MR) is 38.0 cm³/mol. The van der Waals surface area contributed by atoms with Crippen molar-refractivity contribution in [2.24, 2.45) is 0 Å². The molecule has 0 heterocycles. The van der Waals surface area contributed by atoms with Gasteiger partial charge in [-0.3, -0.25) is 0 Å². The molecule has 0 spiro atoms. The molecule has 0 bridgehead atoms. The first-order valence-electron chi connectivity index (χ1n) is 3.73. The number of hydrogen-bond donors (Lipinski definition) is 0. The lowest BCUT2D eigenvalue weighted by Crippen LogP contribution is -2.48. The van der Waals surface area contributed by atoms with E-state index in [9.17, 15) is 47.8 Å². The van der Waals surface area contributed by atoms with E-state index in [1.165, 1.54) is 0 Å². The Kier molecular flexibility index (Phi) is 4.75. The maximum Gasteiger partial charge on any atom is 0.490 e. The Morgan fingerprint density at radius 2 is 1.42 bits per heavy atom. The van der Waals surface area contributed by atoms with Crippen LogP contribution in [-0.2, 0) is 24.2 Å². The van der Waals surface area contributed by atoms with Gasteiger partial charge in [-0.2, -0.15) is 43.3 Å². The van der Waals surface area contributed by atoms with Crippen molar-refractivity contribution in [2.45, 2.75) is 18.2 Å². The number of esters is 1. The van der Waals surface area contributed by atoms with Gasteiger partial charge in [-0.25, -0.2) is 4.79 Å². The summed E-state index contributed by atoms with van der Waals surface area (Å²) in [6, 6.07) is 0. The Labute approximate surface area is 99.0 Å². The van der Waals surface area contributed by atoms with Crippen LogP contribution in [0.3, 0.4) is 0 Å². The average Bonchev–Trinajstić information content (AvgIpc) is 2.08. The first kappa shape index (κ1) is 17.8. The number of carbonyl (C=O) groups is 1. The fourth-order valence-corrected chi connectivity index (χ4v) is 0.880. The van der Waals surface area contributed by atoms with E-state index in [2.05, 4.69) is 8.92 Å². The van der Waals surface area contributed by atoms with Crippen molar-refractivity contribution in [1.29, 1.82) is 0 Å². The zero-order valence-electron chi connectivity index (χ0n) is 8.18. The van der Waals surface area contributed by atoms with Gasteiger partial charge in [0, 0.05) is 0 Å². The van der Waals surface area contributed by atoms with Crippen molar-refractivity contribution in [1.82, 2.24) is 0 Å². The Balaban J connectivity index is 4.84. The Morgan fingerprint density at radius 3 is 1.74 bits per heavy atom. The molecule has 0 N–H and O–H groups in total. The number of alkyl halides is 7. The summed E-state index contributed by atoms with van der Waals surface area (Å²) >= 11 is 0. The minimum absolute atomic E-state index is 2.06. The second kappa shape index (κ2) is 5.07. The summed E-state index contributed by atoms with van der Waals surface area (Å²) in [5.41, 5.74) is 0. The molecular weight excluding hydrogens is 324 g/mol. The molecule has 0 aromatic heterocycles. The second-order valence-corrected chi connectivity index (χ2v) is 3.72. The van der Waals surface area contributed by atoms with Gasteiger partial charge < -0.3 is 4.74 Å². The van der Waals surface area contributed by atoms with Crippen molar-refractivity contribution >= 4 is 16.5 Å². The topological polar surface area (TPSA) is 69.7 Å². The van der Waals surface area contributed by atoms with Crippen molar-refractivity contribution < 1.29 is 56.8 Å². The largest absolute Gasteiger partial charge is 0.490 e. The average molecular weight is 326 g/mol. The van der Waals surface area contributed by atoms with Crippen molar-refractivity contribution in [3.8, 4) is 0 Å². The zero-order valence-corrected chi connectivity index (χ0v) is 9.00. The minimum atomic E-state index is -6.52. The second-order valence-electron chi connectivity index (χ2n) is 2.77. The normalized spacial score (nSPS) is 14.3. The monoisotopic (exact) mass is 326 g/mol. The predicted octanol–water partition coefficient (Wildman–Crippen LogP) is 1.55. The molecule has 0 atom stereocenters. The molecule has 0 unspecified atom stereocenters. The third-order valence-corrected chi connectivity index (χ3v) is 1.65. The Morgan fingerprint density at radius 1 is 1.00 bits per heavy atom. The van der Waals surface area contributed by atoms with Crippen LogP contribution in [0.5, 0.6) is 0 Å². The van der Waals surface area contributed by atoms with E-state index in [-0.39, 0.29) is 0 Å². The first-order valence-corrected chi connectivity index (χ1v) is 5.04. The molecule has 14 heteroatoms. The number of rotatable bonds is 5. The molecule has 114 valence electrons. The van der Waals surface area contributed by atoms with Gasteiger partial charge in [0.25, 0.3) is 0 Å². The fraction of sp³-hybridized carbons (Fsp3) is 0.800. The van der Waals surface area contributed by atoms with E-state index in [4.69, 9.17) is 0 Å². The quantitative estimate of drug-likeness (QED) is 0.436. The van der Waals surface area contributed by atoms with Gasteiger partial charge in [-0.15, -0.1) is 0 Å². The Hall–Kier alpha value is -1.18. The van der Waals surface area contributed by atoms with Crippen LogP contribution in [-0.4, -0.2) is 39.2 Å². The molecule has 5 nitrogen and oxygen atoms in total. The standard InChI is InChI=1S/C5H2F8O5S/c6-3(7,1-17-2(14)4(8,9)10)5(11,12)18-19(13,15)16/h1H2. The number of carbonyl (C=O) groups excluding carboxylic acids is 1. The maximum atomic E-state index is 12.5. The third-order valence-electron chi connectivity index (χ3n) is 1.25. The summed E-state index contributed by atoms with van der Waals surface area (Å²) in [5, 5.41) is 0. The van der Waals surface area contributed by atoms with E-state index >= 15 is 0 Å². The molecule has 0 rings (SSSR count).